The minimum atomic E-state index is -0.487. The molecule has 4 nitrogen and oxygen atoms in total. The average molecular weight is 622 g/mol. The summed E-state index contributed by atoms with van der Waals surface area (Å²) in [7, 11) is 0. The van der Waals surface area contributed by atoms with Crippen molar-refractivity contribution in [3.8, 4) is 16.8 Å². The van der Waals surface area contributed by atoms with Crippen molar-refractivity contribution >= 4 is 73.1 Å². The minimum absolute atomic E-state index is 0.0957. The van der Waals surface area contributed by atoms with Crippen LogP contribution in [0.3, 0.4) is 0 Å². The maximum absolute atomic E-state index is 6.48. The molecule has 0 saturated heterocycles. The summed E-state index contributed by atoms with van der Waals surface area (Å²) in [6.07, 6.45) is 4.27. The number of hydrogen-bond acceptors (Lipinski definition) is 3. The normalized spacial score (nSPS) is 15.0. The number of nitrogens with zero attached hydrogens (tertiary/aromatic N) is 3. The number of benzene rings is 6. The maximum Gasteiger partial charge on any atom is 0.271 e. The number of para-hydroxylation sites is 2. The van der Waals surface area contributed by atoms with Gasteiger partial charge < -0.3 is 13.9 Å². The Morgan fingerprint density at radius 3 is 2.10 bits per heavy atom. The fourth-order valence-electron chi connectivity index (χ4n) is 10.2. The second-order valence-electron chi connectivity index (χ2n) is 13.8. The van der Waals surface area contributed by atoms with Gasteiger partial charge in [0, 0.05) is 45.4 Å². The molecule has 0 bridgehead atoms. The predicted molar refractivity (Wildman–Crippen MR) is 199 cm³/mol. The first-order chi connectivity index (χ1) is 24.3. The molecule has 9 aromatic rings. The smallest absolute Gasteiger partial charge is 0.271 e. The Labute approximate surface area is 281 Å². The van der Waals surface area contributed by atoms with Crippen LogP contribution >= 0.6 is 0 Å². The molecule has 0 saturated carbocycles. The second-order valence-corrected chi connectivity index (χ2v) is 13.8. The molecule has 5 heteroatoms. The van der Waals surface area contributed by atoms with E-state index in [1.54, 1.807) is 0 Å². The van der Waals surface area contributed by atoms with Gasteiger partial charge in [0.15, 0.2) is 0 Å². The molecule has 0 amide bonds. The highest BCUT2D eigenvalue weighted by molar-refractivity contribution is 7.00. The Hall–Kier alpha value is -6.33. The molecule has 3 aromatic heterocycles. The van der Waals surface area contributed by atoms with Crippen LogP contribution in [0.2, 0.25) is 0 Å². The van der Waals surface area contributed by atoms with E-state index in [0.29, 0.717) is 0 Å². The van der Waals surface area contributed by atoms with E-state index in [1.807, 2.05) is 6.07 Å². The van der Waals surface area contributed by atoms with Gasteiger partial charge in [0.1, 0.15) is 11.2 Å². The quantitative estimate of drug-likeness (QED) is 0.173. The zero-order valence-electron chi connectivity index (χ0n) is 26.2. The summed E-state index contributed by atoms with van der Waals surface area (Å²) in [6, 6.07) is 49.0. The van der Waals surface area contributed by atoms with Crippen LogP contribution in [0.5, 0.6) is 0 Å². The maximum atomic E-state index is 6.48. The van der Waals surface area contributed by atoms with E-state index >= 15 is 0 Å². The van der Waals surface area contributed by atoms with Crippen molar-refractivity contribution in [2.45, 2.75) is 5.41 Å². The monoisotopic (exact) mass is 621 g/mol. The number of anilines is 3. The van der Waals surface area contributed by atoms with E-state index in [-0.39, 0.29) is 6.71 Å². The fraction of sp³-hybridized carbons (Fsp3) is 0.0227. The van der Waals surface area contributed by atoms with E-state index < -0.39 is 5.41 Å². The molecule has 3 aliphatic heterocycles. The topological polar surface area (TPSA) is 34.2 Å². The van der Waals surface area contributed by atoms with Gasteiger partial charge in [-0.25, -0.2) is 0 Å². The molecule has 224 valence electrons. The van der Waals surface area contributed by atoms with Gasteiger partial charge in [-0.1, -0.05) is 97.1 Å². The lowest BCUT2D eigenvalue weighted by Gasteiger charge is -2.45. The Kier molecular flexibility index (Phi) is 4.15. The van der Waals surface area contributed by atoms with Crippen molar-refractivity contribution in [1.29, 1.82) is 0 Å². The number of rotatable bonds is 1. The summed E-state index contributed by atoms with van der Waals surface area (Å²) in [5.74, 6) is 0. The molecule has 0 radical (unpaired) electrons. The molecule has 0 N–H and O–H groups in total. The molecular weight excluding hydrogens is 597 g/mol. The second kappa shape index (κ2) is 8.20. The van der Waals surface area contributed by atoms with Gasteiger partial charge in [-0.3, -0.25) is 4.98 Å². The molecule has 6 aromatic carbocycles. The number of hydrogen-bond donors (Lipinski definition) is 0. The predicted octanol–water partition coefficient (Wildman–Crippen LogP) is 8.21. The number of fused-ring (bicyclic) bond motifs is 14. The molecule has 1 spiro atoms. The summed E-state index contributed by atoms with van der Waals surface area (Å²) in [4.78, 5) is 7.60. The van der Waals surface area contributed by atoms with Gasteiger partial charge in [0.25, 0.3) is 6.71 Å². The van der Waals surface area contributed by atoms with Crippen molar-refractivity contribution in [1.82, 2.24) is 9.55 Å². The molecule has 0 unspecified atom stereocenters. The molecule has 6 heterocycles. The van der Waals surface area contributed by atoms with Crippen LogP contribution in [0.4, 0.5) is 17.1 Å². The fourth-order valence-corrected chi connectivity index (χ4v) is 10.2. The van der Waals surface area contributed by atoms with Crippen molar-refractivity contribution in [3.63, 3.8) is 0 Å². The van der Waals surface area contributed by atoms with Crippen LogP contribution < -0.4 is 21.4 Å². The molecule has 0 atom stereocenters. The standard InChI is InChI=1S/C44H24BN3O/c1-5-14-31-26(10-1)27-11-2-6-15-32(27)44(31)33-16-9-18-36-40(33)45-41-34(44)23-46-24-37(41)47(42-30-13-3-7-17-35(30)48(36)43(42)45)25-20-21-29-28-12-4-8-19-38(28)49-39(29)22-25/h1-24H. The number of furan rings is 1. The zero-order valence-corrected chi connectivity index (χ0v) is 26.2. The molecule has 13 rings (SSSR count). The summed E-state index contributed by atoms with van der Waals surface area (Å²) >= 11 is 0. The zero-order chi connectivity index (χ0) is 31.6. The third-order valence-electron chi connectivity index (χ3n) is 11.9. The third-order valence-corrected chi connectivity index (χ3v) is 11.9. The van der Waals surface area contributed by atoms with Crippen LogP contribution in [-0.2, 0) is 5.41 Å². The molecule has 1 aliphatic carbocycles. The number of pyridine rings is 1. The average Bonchev–Trinajstić information content (AvgIpc) is 3.88. The first-order valence-electron chi connectivity index (χ1n) is 17.0. The van der Waals surface area contributed by atoms with E-state index in [1.165, 1.54) is 72.2 Å². The number of aromatic nitrogens is 2. The van der Waals surface area contributed by atoms with Crippen molar-refractivity contribution < 1.29 is 4.42 Å². The highest BCUT2D eigenvalue weighted by Gasteiger charge is 2.58. The highest BCUT2D eigenvalue weighted by atomic mass is 16.3. The van der Waals surface area contributed by atoms with Crippen LogP contribution in [-0.4, -0.2) is 16.3 Å². The summed E-state index contributed by atoms with van der Waals surface area (Å²) in [5.41, 5.74) is 19.3. The van der Waals surface area contributed by atoms with E-state index in [2.05, 4.69) is 149 Å². The van der Waals surface area contributed by atoms with Gasteiger partial charge in [0.2, 0.25) is 0 Å². The summed E-state index contributed by atoms with van der Waals surface area (Å²) < 4.78 is 9.03. The summed E-state index contributed by atoms with van der Waals surface area (Å²) in [6.45, 7) is 0.0957. The van der Waals surface area contributed by atoms with Crippen LogP contribution in [0.25, 0.3) is 49.7 Å². The Morgan fingerprint density at radius 2 is 1.24 bits per heavy atom. The first-order valence-corrected chi connectivity index (χ1v) is 17.0. The van der Waals surface area contributed by atoms with Crippen LogP contribution in [0, 0.1) is 0 Å². The Bertz CT molecular complexity index is 2940. The van der Waals surface area contributed by atoms with Crippen molar-refractivity contribution in [2.24, 2.45) is 0 Å². The van der Waals surface area contributed by atoms with E-state index in [0.717, 1.165) is 33.3 Å². The molecule has 4 aliphatic rings. The van der Waals surface area contributed by atoms with E-state index in [4.69, 9.17) is 9.40 Å². The lowest BCUT2D eigenvalue weighted by molar-refractivity contribution is 0.669. The molecular formula is C44H24BN3O. The van der Waals surface area contributed by atoms with Crippen LogP contribution in [0.15, 0.2) is 150 Å². The van der Waals surface area contributed by atoms with Crippen molar-refractivity contribution in [3.05, 3.63) is 168 Å². The lowest BCUT2D eigenvalue weighted by atomic mass is 9.31. The third kappa shape index (κ3) is 2.61. The highest BCUT2D eigenvalue weighted by Crippen LogP contribution is 2.58. The first kappa shape index (κ1) is 24.8. The van der Waals surface area contributed by atoms with Gasteiger partial charge in [-0.05, 0) is 74.6 Å². The Balaban J connectivity index is 1.22. The largest absolute Gasteiger partial charge is 0.456 e. The van der Waals surface area contributed by atoms with E-state index in [9.17, 15) is 0 Å². The van der Waals surface area contributed by atoms with Gasteiger partial charge in [-0.2, -0.15) is 0 Å². The lowest BCUT2D eigenvalue weighted by Crippen LogP contribution is -2.63. The van der Waals surface area contributed by atoms with Gasteiger partial charge in [-0.15, -0.1) is 0 Å². The Morgan fingerprint density at radius 1 is 0.551 bits per heavy atom. The molecule has 0 fully saturated rings. The SMILES string of the molecule is c1ccc2c(c1)-c1ccccc1C21c2cncc3c2B2c4c(cccc41)-n1c2c(c2ccccc21)N3c1ccc2c(c1)oc1ccccc12. The van der Waals surface area contributed by atoms with Crippen molar-refractivity contribution in [2.75, 3.05) is 4.90 Å². The van der Waals surface area contributed by atoms with Gasteiger partial charge in [0.05, 0.1) is 28.5 Å². The summed E-state index contributed by atoms with van der Waals surface area (Å²) in [5, 5.41) is 3.51. The minimum Gasteiger partial charge on any atom is -0.456 e. The molecule has 49 heavy (non-hydrogen) atoms. The van der Waals surface area contributed by atoms with Crippen LogP contribution in [0.1, 0.15) is 22.3 Å². The van der Waals surface area contributed by atoms with Gasteiger partial charge >= 0.3 is 0 Å².